The molecular weight excluding hydrogens is 328 g/mol. The van der Waals surface area contributed by atoms with Crippen molar-refractivity contribution in [3.63, 3.8) is 0 Å². The maximum Gasteiger partial charge on any atom is 0.238 e. The van der Waals surface area contributed by atoms with Crippen molar-refractivity contribution in [3.8, 4) is 0 Å². The summed E-state index contributed by atoms with van der Waals surface area (Å²) in [7, 11) is -3.68. The molecule has 2 rings (SSSR count). The molecule has 1 heterocycles. The summed E-state index contributed by atoms with van der Waals surface area (Å²) in [6.45, 7) is 1.96. The second kappa shape index (κ2) is 8.12. The van der Waals surface area contributed by atoms with E-state index in [0.717, 1.165) is 24.2 Å². The average Bonchev–Trinajstić information content (AvgIpc) is 3.04. The lowest BCUT2D eigenvalue weighted by atomic mass is 10.1. The predicted octanol–water partition coefficient (Wildman–Crippen LogP) is 2.00. The number of hydrogen-bond donors (Lipinski definition) is 2. The Morgan fingerprint density at radius 2 is 1.92 bits per heavy atom. The zero-order valence-electron chi connectivity index (χ0n) is 13.6. The number of nitrogens with one attached hydrogen (secondary N) is 1. The molecule has 0 spiro atoms. The first-order valence-corrected chi connectivity index (χ1v) is 9.33. The van der Waals surface area contributed by atoms with Crippen molar-refractivity contribution >= 4 is 15.9 Å². The van der Waals surface area contributed by atoms with Gasteiger partial charge in [0.1, 0.15) is 5.76 Å². The fourth-order valence-corrected chi connectivity index (χ4v) is 2.85. The minimum atomic E-state index is -3.68. The molecule has 0 aliphatic carbocycles. The van der Waals surface area contributed by atoms with E-state index in [-0.39, 0.29) is 16.8 Å². The molecule has 1 aromatic heterocycles. The first-order chi connectivity index (χ1) is 11.3. The van der Waals surface area contributed by atoms with Gasteiger partial charge in [0.05, 0.1) is 11.2 Å². The number of sulfonamides is 1. The van der Waals surface area contributed by atoms with Crippen molar-refractivity contribution in [2.75, 3.05) is 0 Å². The zero-order chi connectivity index (χ0) is 17.6. The molecule has 0 aliphatic rings. The summed E-state index contributed by atoms with van der Waals surface area (Å²) in [5.74, 6) is 0.878. The third-order valence-electron chi connectivity index (χ3n) is 3.70. The quantitative estimate of drug-likeness (QED) is 0.760. The minimum Gasteiger partial charge on any atom is -0.469 e. The number of hydrogen-bond acceptors (Lipinski definition) is 4. The second-order valence-corrected chi connectivity index (χ2v) is 7.34. The van der Waals surface area contributed by atoms with Crippen LogP contribution in [0.2, 0.25) is 0 Å². The Balaban J connectivity index is 1.74. The highest BCUT2D eigenvalue weighted by atomic mass is 32.2. The monoisotopic (exact) mass is 350 g/mol. The van der Waals surface area contributed by atoms with Crippen LogP contribution in [0.1, 0.15) is 31.1 Å². The van der Waals surface area contributed by atoms with Crippen LogP contribution in [0.4, 0.5) is 0 Å². The number of benzene rings is 1. The molecule has 0 fully saturated rings. The number of nitrogens with two attached hydrogens (primary N) is 1. The Bertz CT molecular complexity index is 752. The van der Waals surface area contributed by atoms with E-state index in [2.05, 4.69) is 5.32 Å². The molecule has 7 heteroatoms. The summed E-state index contributed by atoms with van der Waals surface area (Å²) in [4.78, 5) is 12.0. The molecular formula is C17H22N2O4S. The normalized spacial score (nSPS) is 12.8. The van der Waals surface area contributed by atoms with Gasteiger partial charge in [-0.15, -0.1) is 0 Å². The van der Waals surface area contributed by atoms with Gasteiger partial charge in [-0.05, 0) is 49.6 Å². The van der Waals surface area contributed by atoms with E-state index in [9.17, 15) is 13.2 Å². The minimum absolute atomic E-state index is 0.0301. The van der Waals surface area contributed by atoms with Crippen LogP contribution in [0.25, 0.3) is 0 Å². The summed E-state index contributed by atoms with van der Waals surface area (Å²) in [6.07, 6.45) is 4.12. The van der Waals surface area contributed by atoms with Gasteiger partial charge in [0.15, 0.2) is 0 Å². The summed E-state index contributed by atoms with van der Waals surface area (Å²) >= 11 is 0. The number of primary sulfonamides is 1. The van der Waals surface area contributed by atoms with Gasteiger partial charge < -0.3 is 9.73 Å². The number of aryl methyl sites for hydroxylation is 2. The van der Waals surface area contributed by atoms with Gasteiger partial charge in [0, 0.05) is 18.9 Å². The van der Waals surface area contributed by atoms with Gasteiger partial charge in [-0.3, -0.25) is 4.79 Å². The molecule has 3 N–H and O–H groups in total. The van der Waals surface area contributed by atoms with Gasteiger partial charge in [-0.25, -0.2) is 13.6 Å². The number of amides is 1. The van der Waals surface area contributed by atoms with Crippen molar-refractivity contribution in [2.45, 2.75) is 43.5 Å². The van der Waals surface area contributed by atoms with Crippen LogP contribution < -0.4 is 10.5 Å². The smallest absolute Gasteiger partial charge is 0.238 e. The molecule has 2 aromatic rings. The lowest BCUT2D eigenvalue weighted by Crippen LogP contribution is -2.33. The van der Waals surface area contributed by atoms with Crippen LogP contribution in [-0.2, 0) is 27.7 Å². The van der Waals surface area contributed by atoms with Crippen LogP contribution in [0, 0.1) is 0 Å². The van der Waals surface area contributed by atoms with Crippen LogP contribution >= 0.6 is 0 Å². The van der Waals surface area contributed by atoms with E-state index in [0.29, 0.717) is 12.8 Å². The highest BCUT2D eigenvalue weighted by Crippen LogP contribution is 2.11. The Labute approximate surface area is 142 Å². The summed E-state index contributed by atoms with van der Waals surface area (Å²) < 4.78 is 27.6. The van der Waals surface area contributed by atoms with E-state index in [1.165, 1.54) is 12.1 Å². The summed E-state index contributed by atoms with van der Waals surface area (Å²) in [6, 6.07) is 10.1. The zero-order valence-corrected chi connectivity index (χ0v) is 14.4. The Morgan fingerprint density at radius 3 is 2.50 bits per heavy atom. The number of rotatable bonds is 8. The summed E-state index contributed by atoms with van der Waals surface area (Å²) in [5.41, 5.74) is 0.890. The molecule has 130 valence electrons. The van der Waals surface area contributed by atoms with Crippen molar-refractivity contribution in [1.29, 1.82) is 0 Å². The molecule has 1 aromatic carbocycles. The van der Waals surface area contributed by atoms with Crippen LogP contribution in [0.15, 0.2) is 52.0 Å². The summed E-state index contributed by atoms with van der Waals surface area (Å²) in [5, 5.41) is 8.00. The van der Waals surface area contributed by atoms with Gasteiger partial charge in [-0.1, -0.05) is 12.1 Å². The molecule has 1 amide bonds. The van der Waals surface area contributed by atoms with Gasteiger partial charge in [0.2, 0.25) is 15.9 Å². The first kappa shape index (κ1) is 18.2. The van der Waals surface area contributed by atoms with E-state index in [4.69, 9.17) is 9.56 Å². The van der Waals surface area contributed by atoms with Crippen molar-refractivity contribution < 1.29 is 17.6 Å². The van der Waals surface area contributed by atoms with Gasteiger partial charge in [0.25, 0.3) is 0 Å². The molecule has 0 unspecified atom stereocenters. The average molecular weight is 350 g/mol. The first-order valence-electron chi connectivity index (χ1n) is 7.78. The highest BCUT2D eigenvalue weighted by molar-refractivity contribution is 7.89. The standard InChI is InChI=1S/C17H22N2O4S/c1-13(4-8-15-3-2-12-23-15)19-17(20)11-7-14-5-9-16(10-6-14)24(18,21)22/h2-3,5-6,9-10,12-13H,4,7-8,11H2,1H3,(H,19,20)(H2,18,21,22)/t13-/m1/s1. The Morgan fingerprint density at radius 1 is 1.21 bits per heavy atom. The molecule has 1 atom stereocenters. The highest BCUT2D eigenvalue weighted by Gasteiger charge is 2.10. The molecule has 0 saturated carbocycles. The lowest BCUT2D eigenvalue weighted by Gasteiger charge is -2.13. The molecule has 0 radical (unpaired) electrons. The number of carbonyl (C=O) groups excluding carboxylic acids is 1. The third-order valence-corrected chi connectivity index (χ3v) is 4.63. The number of furan rings is 1. The molecule has 6 nitrogen and oxygen atoms in total. The van der Waals surface area contributed by atoms with Gasteiger partial charge >= 0.3 is 0 Å². The Hall–Kier alpha value is -2.12. The van der Waals surface area contributed by atoms with Crippen molar-refractivity contribution in [1.82, 2.24) is 5.32 Å². The fourth-order valence-electron chi connectivity index (χ4n) is 2.34. The number of carbonyl (C=O) groups is 1. The molecule has 0 aliphatic heterocycles. The maximum absolute atomic E-state index is 12.0. The molecule has 0 bridgehead atoms. The maximum atomic E-state index is 12.0. The van der Waals surface area contributed by atoms with Crippen molar-refractivity contribution in [3.05, 3.63) is 54.0 Å². The third kappa shape index (κ3) is 5.82. The molecule has 0 saturated heterocycles. The van der Waals surface area contributed by atoms with Crippen LogP contribution in [0.5, 0.6) is 0 Å². The fraction of sp³-hybridized carbons (Fsp3) is 0.353. The largest absolute Gasteiger partial charge is 0.469 e. The Kier molecular flexibility index (Phi) is 6.16. The van der Waals surface area contributed by atoms with Gasteiger partial charge in [-0.2, -0.15) is 0 Å². The second-order valence-electron chi connectivity index (χ2n) is 5.78. The lowest BCUT2D eigenvalue weighted by molar-refractivity contribution is -0.121. The van der Waals surface area contributed by atoms with Crippen molar-refractivity contribution in [2.24, 2.45) is 5.14 Å². The van der Waals surface area contributed by atoms with E-state index in [1.54, 1.807) is 18.4 Å². The van der Waals surface area contributed by atoms with E-state index in [1.807, 2.05) is 19.1 Å². The SMILES string of the molecule is C[C@H](CCc1ccco1)NC(=O)CCc1ccc(S(N)(=O)=O)cc1. The van der Waals surface area contributed by atoms with Crippen LogP contribution in [0.3, 0.4) is 0 Å². The van der Waals surface area contributed by atoms with E-state index < -0.39 is 10.0 Å². The predicted molar refractivity (Wildman–Crippen MR) is 90.8 cm³/mol. The van der Waals surface area contributed by atoms with E-state index >= 15 is 0 Å². The molecule has 24 heavy (non-hydrogen) atoms. The topological polar surface area (TPSA) is 102 Å². The van der Waals surface area contributed by atoms with Crippen LogP contribution in [-0.4, -0.2) is 20.4 Å².